The molecule has 1 atom stereocenters. The van der Waals surface area contributed by atoms with E-state index in [0.29, 0.717) is 27.1 Å². The van der Waals surface area contributed by atoms with Gasteiger partial charge in [-0.15, -0.1) is 11.3 Å². The summed E-state index contributed by atoms with van der Waals surface area (Å²) in [5.41, 5.74) is 2.29. The van der Waals surface area contributed by atoms with E-state index in [1.807, 2.05) is 0 Å². The molecule has 1 aliphatic rings. The Hall–Kier alpha value is -1.83. The third-order valence-electron chi connectivity index (χ3n) is 3.95. The minimum absolute atomic E-state index is 0.209. The third kappa shape index (κ3) is 2.87. The molecule has 1 N–H and O–H groups in total. The molecule has 1 aromatic carbocycles. The first-order chi connectivity index (χ1) is 10.6. The minimum atomic E-state index is -0.209. The van der Waals surface area contributed by atoms with Crippen LogP contribution in [0.1, 0.15) is 39.7 Å². The molecule has 0 bridgehead atoms. The summed E-state index contributed by atoms with van der Waals surface area (Å²) in [4.78, 5) is 13.6. The summed E-state index contributed by atoms with van der Waals surface area (Å²) < 4.78 is 0. The van der Waals surface area contributed by atoms with Crippen LogP contribution in [0.25, 0.3) is 0 Å². The number of aryl methyl sites for hydroxylation is 1. The van der Waals surface area contributed by atoms with Crippen LogP contribution in [0.5, 0.6) is 0 Å². The summed E-state index contributed by atoms with van der Waals surface area (Å²) in [7, 11) is 0. The standard InChI is InChI=1S/C17H15ClN2OS/c1-10-2-7-15-13(8-10)14(9-19)17(22-15)20-16(21)11-3-5-12(18)6-4-11/h3-6,10H,2,7-8H2,1H3,(H,20,21)/t10-/m0/s1. The third-order valence-corrected chi connectivity index (χ3v) is 5.41. The monoisotopic (exact) mass is 330 g/mol. The van der Waals surface area contributed by atoms with Gasteiger partial charge in [0.05, 0.1) is 5.56 Å². The highest BCUT2D eigenvalue weighted by Gasteiger charge is 2.24. The Morgan fingerprint density at radius 2 is 2.14 bits per heavy atom. The smallest absolute Gasteiger partial charge is 0.256 e. The van der Waals surface area contributed by atoms with Crippen molar-refractivity contribution < 1.29 is 4.79 Å². The van der Waals surface area contributed by atoms with Gasteiger partial charge in [-0.2, -0.15) is 5.26 Å². The Labute approximate surface area is 138 Å². The zero-order valence-electron chi connectivity index (χ0n) is 12.1. The largest absolute Gasteiger partial charge is 0.312 e. The van der Waals surface area contributed by atoms with E-state index in [1.165, 1.54) is 16.2 Å². The second-order valence-corrected chi connectivity index (χ2v) is 7.17. The van der Waals surface area contributed by atoms with Gasteiger partial charge in [-0.1, -0.05) is 18.5 Å². The van der Waals surface area contributed by atoms with Crippen LogP contribution in [-0.4, -0.2) is 5.91 Å². The molecule has 2 aromatic rings. The number of hydrogen-bond donors (Lipinski definition) is 1. The van der Waals surface area contributed by atoms with Gasteiger partial charge in [-0.3, -0.25) is 4.79 Å². The topological polar surface area (TPSA) is 52.9 Å². The van der Waals surface area contributed by atoms with Crippen molar-refractivity contribution in [1.82, 2.24) is 0 Å². The van der Waals surface area contributed by atoms with Crippen LogP contribution in [0.2, 0.25) is 5.02 Å². The molecule has 0 unspecified atom stereocenters. The second-order valence-electron chi connectivity index (χ2n) is 5.63. The van der Waals surface area contributed by atoms with E-state index in [-0.39, 0.29) is 5.91 Å². The maximum absolute atomic E-state index is 12.3. The van der Waals surface area contributed by atoms with Gasteiger partial charge in [0.25, 0.3) is 5.91 Å². The van der Waals surface area contributed by atoms with Crippen LogP contribution in [0.4, 0.5) is 5.00 Å². The molecule has 3 rings (SSSR count). The SMILES string of the molecule is C[C@H]1CCc2sc(NC(=O)c3ccc(Cl)cc3)c(C#N)c2C1. The van der Waals surface area contributed by atoms with E-state index in [9.17, 15) is 10.1 Å². The molecule has 3 nitrogen and oxygen atoms in total. The lowest BCUT2D eigenvalue weighted by atomic mass is 9.88. The number of thiophene rings is 1. The number of carbonyl (C=O) groups is 1. The van der Waals surface area contributed by atoms with Crippen molar-refractivity contribution in [3.63, 3.8) is 0 Å². The molecule has 1 amide bonds. The van der Waals surface area contributed by atoms with Crippen molar-refractivity contribution in [2.45, 2.75) is 26.2 Å². The number of amides is 1. The number of nitrogens with zero attached hydrogens (tertiary/aromatic N) is 1. The molecule has 0 fully saturated rings. The predicted molar refractivity (Wildman–Crippen MR) is 89.6 cm³/mol. The Balaban J connectivity index is 1.88. The van der Waals surface area contributed by atoms with Crippen molar-refractivity contribution in [2.24, 2.45) is 5.92 Å². The maximum atomic E-state index is 12.3. The molecule has 22 heavy (non-hydrogen) atoms. The number of fused-ring (bicyclic) bond motifs is 1. The highest BCUT2D eigenvalue weighted by molar-refractivity contribution is 7.16. The summed E-state index contributed by atoms with van der Waals surface area (Å²) in [6, 6.07) is 8.99. The fraction of sp³-hybridized carbons (Fsp3) is 0.294. The highest BCUT2D eigenvalue weighted by atomic mass is 35.5. The zero-order valence-corrected chi connectivity index (χ0v) is 13.7. The van der Waals surface area contributed by atoms with Gasteiger partial charge in [0.1, 0.15) is 11.1 Å². The van der Waals surface area contributed by atoms with Crippen molar-refractivity contribution in [3.8, 4) is 6.07 Å². The Kier molecular flexibility index (Phi) is 4.19. The zero-order chi connectivity index (χ0) is 15.7. The summed E-state index contributed by atoms with van der Waals surface area (Å²) >= 11 is 7.37. The van der Waals surface area contributed by atoms with Crippen LogP contribution >= 0.6 is 22.9 Å². The quantitative estimate of drug-likeness (QED) is 0.871. The van der Waals surface area contributed by atoms with E-state index >= 15 is 0 Å². The van der Waals surface area contributed by atoms with Crippen molar-refractivity contribution in [1.29, 1.82) is 5.26 Å². The van der Waals surface area contributed by atoms with E-state index in [4.69, 9.17) is 11.6 Å². The number of benzene rings is 1. The molecule has 112 valence electrons. The minimum Gasteiger partial charge on any atom is -0.312 e. The van der Waals surface area contributed by atoms with Gasteiger partial charge in [0.2, 0.25) is 0 Å². The van der Waals surface area contributed by atoms with Crippen molar-refractivity contribution in [2.75, 3.05) is 5.32 Å². The van der Waals surface area contributed by atoms with Gasteiger partial charge in [-0.05, 0) is 55.0 Å². The number of hydrogen-bond acceptors (Lipinski definition) is 3. The first-order valence-electron chi connectivity index (χ1n) is 7.20. The number of halogens is 1. The predicted octanol–water partition coefficient (Wildman–Crippen LogP) is 4.65. The van der Waals surface area contributed by atoms with E-state index in [0.717, 1.165) is 24.8 Å². The second kappa shape index (κ2) is 6.12. The molecule has 1 aromatic heterocycles. The van der Waals surface area contributed by atoms with Gasteiger partial charge in [0, 0.05) is 15.5 Å². The molecule has 1 aliphatic carbocycles. The van der Waals surface area contributed by atoms with Gasteiger partial charge >= 0.3 is 0 Å². The van der Waals surface area contributed by atoms with Gasteiger partial charge in [-0.25, -0.2) is 0 Å². The average molecular weight is 331 g/mol. The molecule has 0 spiro atoms. The van der Waals surface area contributed by atoms with Gasteiger partial charge in [0.15, 0.2) is 0 Å². The number of anilines is 1. The summed E-state index contributed by atoms with van der Waals surface area (Å²) in [5.74, 6) is 0.383. The maximum Gasteiger partial charge on any atom is 0.256 e. The lowest BCUT2D eigenvalue weighted by Gasteiger charge is -2.17. The van der Waals surface area contributed by atoms with Crippen molar-refractivity contribution >= 4 is 33.8 Å². The Morgan fingerprint density at radius 3 is 2.82 bits per heavy atom. The molecule has 0 aliphatic heterocycles. The lowest BCUT2D eigenvalue weighted by molar-refractivity contribution is 0.102. The van der Waals surface area contributed by atoms with Crippen LogP contribution in [0, 0.1) is 17.2 Å². The average Bonchev–Trinajstić information content (AvgIpc) is 2.84. The number of nitrogens with one attached hydrogen (secondary N) is 1. The molecule has 0 saturated carbocycles. The molecule has 5 heteroatoms. The summed E-state index contributed by atoms with van der Waals surface area (Å²) in [5, 5.41) is 13.6. The normalized spacial score (nSPS) is 16.7. The number of nitriles is 1. The number of carbonyl (C=O) groups excluding carboxylic acids is 1. The first kappa shape index (κ1) is 15.1. The van der Waals surface area contributed by atoms with Gasteiger partial charge < -0.3 is 5.32 Å². The van der Waals surface area contributed by atoms with Crippen LogP contribution in [0.3, 0.4) is 0 Å². The van der Waals surface area contributed by atoms with E-state index in [1.54, 1.807) is 24.3 Å². The van der Waals surface area contributed by atoms with E-state index in [2.05, 4.69) is 18.3 Å². The lowest BCUT2D eigenvalue weighted by Crippen LogP contribution is -2.12. The Bertz CT molecular complexity index is 758. The molecule has 0 radical (unpaired) electrons. The van der Waals surface area contributed by atoms with Crippen LogP contribution < -0.4 is 5.32 Å². The molecule has 0 saturated heterocycles. The molecule has 1 heterocycles. The molecular formula is C17H15ClN2OS. The van der Waals surface area contributed by atoms with E-state index < -0.39 is 0 Å². The Morgan fingerprint density at radius 1 is 1.41 bits per heavy atom. The van der Waals surface area contributed by atoms with Crippen LogP contribution in [0.15, 0.2) is 24.3 Å². The summed E-state index contributed by atoms with van der Waals surface area (Å²) in [6.45, 7) is 2.20. The van der Waals surface area contributed by atoms with Crippen LogP contribution in [-0.2, 0) is 12.8 Å². The first-order valence-corrected chi connectivity index (χ1v) is 8.39. The molecular weight excluding hydrogens is 316 g/mol. The fourth-order valence-corrected chi connectivity index (χ4v) is 4.06. The summed E-state index contributed by atoms with van der Waals surface area (Å²) in [6.07, 6.45) is 3.06. The number of rotatable bonds is 2. The van der Waals surface area contributed by atoms with Crippen molar-refractivity contribution in [3.05, 3.63) is 50.9 Å². The fourth-order valence-electron chi connectivity index (χ4n) is 2.74. The highest BCUT2D eigenvalue weighted by Crippen LogP contribution is 2.39.